The number of aromatic nitrogens is 2. The molecule has 154 valence electrons. The zero-order valence-electron chi connectivity index (χ0n) is 16.5. The number of amides is 2. The van der Waals surface area contributed by atoms with Gasteiger partial charge in [-0.15, -0.1) is 0 Å². The van der Waals surface area contributed by atoms with Crippen LogP contribution < -0.4 is 10.2 Å². The quantitative estimate of drug-likeness (QED) is 0.719. The lowest BCUT2D eigenvalue weighted by Crippen LogP contribution is -2.46. The molecule has 0 bridgehead atoms. The number of halogens is 2. The van der Waals surface area contributed by atoms with E-state index in [0.29, 0.717) is 6.54 Å². The number of rotatable bonds is 4. The molecule has 0 saturated carbocycles. The monoisotopic (exact) mass is 410 g/mol. The average Bonchev–Trinajstić information content (AvgIpc) is 3.31. The number of aryl methyl sites for hydroxylation is 1. The molecular formula is C22H20F2N4O2. The molecule has 2 heterocycles. The van der Waals surface area contributed by atoms with Crippen molar-refractivity contribution in [2.45, 2.75) is 19.4 Å². The van der Waals surface area contributed by atoms with Crippen molar-refractivity contribution in [3.63, 3.8) is 0 Å². The molecule has 6 nitrogen and oxygen atoms in total. The van der Waals surface area contributed by atoms with Crippen molar-refractivity contribution in [3.8, 4) is 11.3 Å². The van der Waals surface area contributed by atoms with Gasteiger partial charge in [0.1, 0.15) is 23.4 Å². The number of hydrogen-bond donors (Lipinski definition) is 1. The molecule has 8 heteroatoms. The van der Waals surface area contributed by atoms with E-state index >= 15 is 0 Å². The molecule has 30 heavy (non-hydrogen) atoms. The van der Waals surface area contributed by atoms with Gasteiger partial charge in [0.05, 0.1) is 5.56 Å². The van der Waals surface area contributed by atoms with E-state index in [0.717, 1.165) is 29.8 Å². The standard InChI is InChI=1S/C22H20F2N4O2/c1-13(22(30)28-10-9-14-5-3-4-6-19(14)28)25-21(29)17-12-27(2)26-20(17)16-8-7-15(23)11-18(16)24/h3-8,11-13H,9-10H2,1-2H3,(H,25,29). The molecule has 1 unspecified atom stereocenters. The van der Waals surface area contributed by atoms with Gasteiger partial charge in [-0.3, -0.25) is 14.3 Å². The van der Waals surface area contributed by atoms with Crippen LogP contribution in [0.15, 0.2) is 48.7 Å². The third kappa shape index (κ3) is 3.56. The maximum atomic E-state index is 14.2. The zero-order chi connectivity index (χ0) is 21.4. The summed E-state index contributed by atoms with van der Waals surface area (Å²) in [6.07, 6.45) is 2.20. The Morgan fingerprint density at radius 1 is 1.17 bits per heavy atom. The van der Waals surface area contributed by atoms with Crippen LogP contribution >= 0.6 is 0 Å². The number of carbonyl (C=O) groups excluding carboxylic acids is 2. The highest BCUT2D eigenvalue weighted by molar-refractivity contribution is 6.05. The van der Waals surface area contributed by atoms with Gasteiger partial charge < -0.3 is 10.2 Å². The molecular weight excluding hydrogens is 390 g/mol. The normalized spacial score (nSPS) is 13.8. The van der Waals surface area contributed by atoms with E-state index in [4.69, 9.17) is 0 Å². The van der Waals surface area contributed by atoms with Crippen LogP contribution in [0.3, 0.4) is 0 Å². The second-order valence-electron chi connectivity index (χ2n) is 7.25. The van der Waals surface area contributed by atoms with Crippen LogP contribution in [-0.2, 0) is 18.3 Å². The molecule has 1 aliphatic rings. The lowest BCUT2D eigenvalue weighted by atomic mass is 10.1. The van der Waals surface area contributed by atoms with Crippen LogP contribution in [0, 0.1) is 11.6 Å². The van der Waals surface area contributed by atoms with Crippen LogP contribution in [0.5, 0.6) is 0 Å². The van der Waals surface area contributed by atoms with E-state index in [9.17, 15) is 18.4 Å². The van der Waals surface area contributed by atoms with E-state index < -0.39 is 23.6 Å². The first-order chi connectivity index (χ1) is 14.3. The van der Waals surface area contributed by atoms with Crippen LogP contribution in [-0.4, -0.2) is 34.2 Å². The van der Waals surface area contributed by atoms with Gasteiger partial charge in [-0.25, -0.2) is 8.78 Å². The summed E-state index contributed by atoms with van der Waals surface area (Å²) in [6, 6.07) is 9.93. The van der Waals surface area contributed by atoms with Crippen molar-refractivity contribution in [1.82, 2.24) is 15.1 Å². The fourth-order valence-corrected chi connectivity index (χ4v) is 3.67. The van der Waals surface area contributed by atoms with Crippen molar-refractivity contribution in [1.29, 1.82) is 0 Å². The molecule has 1 aromatic heterocycles. The summed E-state index contributed by atoms with van der Waals surface area (Å²) in [4.78, 5) is 27.4. The Kier molecular flexibility index (Phi) is 5.07. The number of fused-ring (bicyclic) bond motifs is 1. The minimum Gasteiger partial charge on any atom is -0.340 e. The summed E-state index contributed by atoms with van der Waals surface area (Å²) in [5, 5.41) is 6.83. The summed E-state index contributed by atoms with van der Waals surface area (Å²) in [7, 11) is 1.59. The fourth-order valence-electron chi connectivity index (χ4n) is 3.67. The number of hydrogen-bond acceptors (Lipinski definition) is 3. The smallest absolute Gasteiger partial charge is 0.255 e. The lowest BCUT2D eigenvalue weighted by molar-refractivity contribution is -0.119. The first-order valence-electron chi connectivity index (χ1n) is 9.54. The molecule has 0 aliphatic carbocycles. The Hall–Kier alpha value is -3.55. The molecule has 1 N–H and O–H groups in total. The number of carbonyl (C=O) groups is 2. The van der Waals surface area contributed by atoms with Gasteiger partial charge in [0.25, 0.3) is 5.91 Å². The van der Waals surface area contributed by atoms with Gasteiger partial charge in [0.2, 0.25) is 5.91 Å². The Balaban J connectivity index is 1.55. The Morgan fingerprint density at radius 3 is 2.70 bits per heavy atom. The predicted octanol–water partition coefficient (Wildman–Crippen LogP) is 3.07. The number of nitrogens with zero attached hydrogens (tertiary/aromatic N) is 3. The molecule has 3 aromatic rings. The van der Waals surface area contributed by atoms with Gasteiger partial charge in [-0.1, -0.05) is 18.2 Å². The summed E-state index contributed by atoms with van der Waals surface area (Å²) in [5.74, 6) is -2.33. The Labute approximate surface area is 172 Å². The van der Waals surface area contributed by atoms with E-state index in [-0.39, 0.29) is 22.7 Å². The topological polar surface area (TPSA) is 67.2 Å². The second kappa shape index (κ2) is 7.70. The van der Waals surface area contributed by atoms with Crippen LogP contribution in [0.25, 0.3) is 11.3 Å². The molecule has 0 saturated heterocycles. The third-order valence-electron chi connectivity index (χ3n) is 5.13. The van der Waals surface area contributed by atoms with E-state index in [1.54, 1.807) is 18.9 Å². The molecule has 2 amide bonds. The maximum Gasteiger partial charge on any atom is 0.255 e. The molecule has 1 aliphatic heterocycles. The minimum atomic E-state index is -0.819. The molecule has 0 radical (unpaired) electrons. The van der Waals surface area contributed by atoms with E-state index in [2.05, 4.69) is 10.4 Å². The Bertz CT molecular complexity index is 1140. The van der Waals surface area contributed by atoms with E-state index in [1.165, 1.54) is 16.9 Å². The van der Waals surface area contributed by atoms with Gasteiger partial charge in [-0.05, 0) is 37.1 Å². The maximum absolute atomic E-state index is 14.2. The van der Waals surface area contributed by atoms with Crippen molar-refractivity contribution in [2.24, 2.45) is 7.05 Å². The van der Waals surface area contributed by atoms with Gasteiger partial charge >= 0.3 is 0 Å². The van der Waals surface area contributed by atoms with Gasteiger partial charge in [0, 0.05) is 37.1 Å². The fraction of sp³-hybridized carbons (Fsp3) is 0.227. The van der Waals surface area contributed by atoms with Crippen LogP contribution in [0.4, 0.5) is 14.5 Å². The highest BCUT2D eigenvalue weighted by atomic mass is 19.1. The molecule has 2 aromatic carbocycles. The van der Waals surface area contributed by atoms with Crippen molar-refractivity contribution < 1.29 is 18.4 Å². The van der Waals surface area contributed by atoms with Crippen LogP contribution in [0.1, 0.15) is 22.8 Å². The average molecular weight is 410 g/mol. The predicted molar refractivity (Wildman–Crippen MR) is 108 cm³/mol. The summed E-state index contributed by atoms with van der Waals surface area (Å²) >= 11 is 0. The van der Waals surface area contributed by atoms with Gasteiger partial charge in [0.15, 0.2) is 0 Å². The highest BCUT2D eigenvalue weighted by Crippen LogP contribution is 2.28. The lowest BCUT2D eigenvalue weighted by Gasteiger charge is -2.22. The summed E-state index contributed by atoms with van der Waals surface area (Å²) in [5.41, 5.74) is 2.13. The van der Waals surface area contributed by atoms with Crippen molar-refractivity contribution in [2.75, 3.05) is 11.4 Å². The van der Waals surface area contributed by atoms with E-state index in [1.807, 2.05) is 24.3 Å². The molecule has 4 rings (SSSR count). The number of benzene rings is 2. The van der Waals surface area contributed by atoms with Crippen molar-refractivity contribution >= 4 is 17.5 Å². The number of anilines is 1. The summed E-state index contributed by atoms with van der Waals surface area (Å²) in [6.45, 7) is 2.16. The summed E-state index contributed by atoms with van der Waals surface area (Å²) < 4.78 is 28.9. The van der Waals surface area contributed by atoms with Crippen LogP contribution in [0.2, 0.25) is 0 Å². The zero-order valence-corrected chi connectivity index (χ0v) is 16.5. The second-order valence-corrected chi connectivity index (χ2v) is 7.25. The van der Waals surface area contributed by atoms with Gasteiger partial charge in [-0.2, -0.15) is 5.10 Å². The highest BCUT2D eigenvalue weighted by Gasteiger charge is 2.29. The molecule has 1 atom stereocenters. The number of para-hydroxylation sites is 1. The SMILES string of the molecule is CC(NC(=O)c1cn(C)nc1-c1ccc(F)cc1F)C(=O)N1CCc2ccccc21. The van der Waals surface area contributed by atoms with Crippen molar-refractivity contribution in [3.05, 3.63) is 71.4 Å². The minimum absolute atomic E-state index is 0.00889. The first-order valence-corrected chi connectivity index (χ1v) is 9.54. The Morgan fingerprint density at radius 2 is 1.93 bits per heavy atom. The molecule has 0 fully saturated rings. The third-order valence-corrected chi connectivity index (χ3v) is 5.13. The molecule has 0 spiro atoms. The number of nitrogens with one attached hydrogen (secondary N) is 1. The first kappa shape index (κ1) is 19.8. The largest absolute Gasteiger partial charge is 0.340 e.